The summed E-state index contributed by atoms with van der Waals surface area (Å²) >= 11 is 0. The molecule has 4 aromatic rings. The van der Waals surface area contributed by atoms with E-state index in [1.807, 2.05) is 0 Å². The van der Waals surface area contributed by atoms with Gasteiger partial charge in [-0.3, -0.25) is 0 Å². The maximum absolute atomic E-state index is 2.59. The number of anilines is 3. The number of fused-ring (bicyclic) bond motifs is 4. The Balaban J connectivity index is 1.81. The van der Waals surface area contributed by atoms with Gasteiger partial charge >= 0.3 is 0 Å². The van der Waals surface area contributed by atoms with Gasteiger partial charge in [0.2, 0.25) is 6.71 Å². The third kappa shape index (κ3) is 3.82. The van der Waals surface area contributed by atoms with E-state index < -0.39 is 0 Å². The third-order valence-electron chi connectivity index (χ3n) is 9.43. The number of hydrogen-bond donors (Lipinski definition) is 0. The second kappa shape index (κ2) is 8.62. The van der Waals surface area contributed by atoms with Gasteiger partial charge in [-0.15, -0.1) is 0 Å². The molecule has 0 atom stereocenters. The second-order valence-electron chi connectivity index (χ2n) is 14.9. The Hall–Kier alpha value is -3.26. The predicted octanol–water partition coefficient (Wildman–Crippen LogP) is 8.15. The van der Waals surface area contributed by atoms with Crippen molar-refractivity contribution in [1.29, 1.82) is 0 Å². The minimum atomic E-state index is -0.108. The van der Waals surface area contributed by atoms with Crippen LogP contribution in [-0.4, -0.2) is 6.71 Å². The van der Waals surface area contributed by atoms with Crippen molar-refractivity contribution in [2.75, 3.05) is 4.90 Å². The minimum absolute atomic E-state index is 0.0343. The van der Waals surface area contributed by atoms with Crippen molar-refractivity contribution in [1.82, 2.24) is 0 Å². The molecule has 0 aliphatic carbocycles. The van der Waals surface area contributed by atoms with Crippen LogP contribution in [0.1, 0.15) is 94.3 Å². The maximum Gasteiger partial charge on any atom is 0.247 e. The van der Waals surface area contributed by atoms with Crippen molar-refractivity contribution in [2.45, 2.75) is 92.4 Å². The van der Waals surface area contributed by atoms with E-state index >= 15 is 0 Å². The molecule has 0 spiro atoms. The maximum atomic E-state index is 2.59. The van der Waals surface area contributed by atoms with Crippen LogP contribution >= 0.6 is 0 Å². The molecule has 2 aliphatic heterocycles. The second-order valence-corrected chi connectivity index (χ2v) is 14.9. The molecule has 0 aromatic heterocycles. The summed E-state index contributed by atoms with van der Waals surface area (Å²) in [6.45, 7) is 26.0. The summed E-state index contributed by atoms with van der Waals surface area (Å²) in [7, 11) is 0. The first-order valence-electron chi connectivity index (χ1n) is 14.9. The predicted molar refractivity (Wildman–Crippen MR) is 176 cm³/mol. The molecule has 0 unspecified atom stereocenters. The third-order valence-corrected chi connectivity index (χ3v) is 9.43. The molecule has 0 saturated carbocycles. The molecule has 0 amide bonds. The smallest absolute Gasteiger partial charge is 0.247 e. The lowest BCUT2D eigenvalue weighted by molar-refractivity contribution is 0.552. The van der Waals surface area contributed by atoms with Crippen LogP contribution in [0.25, 0.3) is 0 Å². The molecule has 1 nitrogen and oxygen atoms in total. The van der Waals surface area contributed by atoms with Gasteiger partial charge < -0.3 is 4.90 Å². The van der Waals surface area contributed by atoms with Gasteiger partial charge in [0.15, 0.2) is 0 Å². The number of rotatable bonds is 1. The summed E-state index contributed by atoms with van der Waals surface area (Å²) in [6, 6.07) is 26.1. The number of nitrogens with zero attached hydrogens (tertiary/aromatic N) is 1. The Morgan fingerprint density at radius 3 is 1.93 bits per heavy atom. The molecule has 0 radical (unpaired) electrons. The molecule has 0 N–H and O–H groups in total. The van der Waals surface area contributed by atoms with E-state index in [2.05, 4.69) is 148 Å². The topological polar surface area (TPSA) is 3.24 Å². The van der Waals surface area contributed by atoms with Crippen LogP contribution in [-0.2, 0) is 16.2 Å². The Kier molecular flexibility index (Phi) is 5.81. The van der Waals surface area contributed by atoms with Gasteiger partial charge in [-0.05, 0) is 88.0 Å². The molecule has 0 saturated heterocycles. The quantitative estimate of drug-likeness (QED) is 0.200. The van der Waals surface area contributed by atoms with Crippen molar-refractivity contribution >= 4 is 40.2 Å². The van der Waals surface area contributed by atoms with E-state index in [-0.39, 0.29) is 23.0 Å². The fourth-order valence-corrected chi connectivity index (χ4v) is 7.68. The van der Waals surface area contributed by atoms with Gasteiger partial charge in [-0.1, -0.05) is 121 Å². The fourth-order valence-electron chi connectivity index (χ4n) is 7.68. The van der Waals surface area contributed by atoms with Crippen LogP contribution in [0.3, 0.4) is 0 Å². The SMILES string of the molecule is Cc1cc(C)c(N2c3ccc(C(C)(C)C)cc3B3c4ccccc4C(C)(C)c4c(C(C)(C)C)ccc2c43)c(C)c1. The van der Waals surface area contributed by atoms with Gasteiger partial charge in [0.25, 0.3) is 0 Å². The van der Waals surface area contributed by atoms with Crippen molar-refractivity contribution < 1.29 is 0 Å². The van der Waals surface area contributed by atoms with Gasteiger partial charge in [0, 0.05) is 16.8 Å². The Labute approximate surface area is 242 Å². The number of aryl methyl sites for hydroxylation is 3. The van der Waals surface area contributed by atoms with Crippen LogP contribution < -0.4 is 21.3 Å². The summed E-state index contributed by atoms with van der Waals surface area (Å²) in [6.07, 6.45) is 0. The van der Waals surface area contributed by atoms with E-state index in [0.29, 0.717) is 0 Å². The number of hydrogen-bond acceptors (Lipinski definition) is 1. The van der Waals surface area contributed by atoms with Gasteiger partial charge in [0.1, 0.15) is 0 Å². The molecule has 0 fully saturated rings. The summed E-state index contributed by atoms with van der Waals surface area (Å²) < 4.78 is 0. The lowest BCUT2D eigenvalue weighted by Crippen LogP contribution is -2.64. The Morgan fingerprint density at radius 2 is 1.30 bits per heavy atom. The standard InChI is InChI=1S/C38H44BN/c1-23-20-24(2)35(25(3)21-23)40-31-18-16-26(36(4,5)6)22-30(31)39-29-15-13-12-14-27(29)38(10,11)33-28(37(7,8)9)17-19-32(40)34(33)39/h12-22H,1-11H3. The molecule has 6 rings (SSSR count). The van der Waals surface area contributed by atoms with E-state index in [1.165, 1.54) is 72.4 Å². The van der Waals surface area contributed by atoms with Crippen LogP contribution in [0.15, 0.2) is 66.7 Å². The largest absolute Gasteiger partial charge is 0.311 e. The van der Waals surface area contributed by atoms with Crippen LogP contribution in [0.2, 0.25) is 0 Å². The summed E-state index contributed by atoms with van der Waals surface area (Å²) in [4.78, 5) is 2.59. The summed E-state index contributed by atoms with van der Waals surface area (Å²) in [5.41, 5.74) is 18.1. The molecule has 2 heterocycles. The molecule has 0 bridgehead atoms. The Bertz CT molecular complexity index is 1650. The molecule has 4 aromatic carbocycles. The highest BCUT2D eigenvalue weighted by Crippen LogP contribution is 2.47. The first-order chi connectivity index (χ1) is 18.6. The molecule has 204 valence electrons. The molecule has 2 aliphatic rings. The highest BCUT2D eigenvalue weighted by Gasteiger charge is 2.48. The molecule has 40 heavy (non-hydrogen) atoms. The Morgan fingerprint density at radius 1 is 0.675 bits per heavy atom. The zero-order valence-corrected chi connectivity index (χ0v) is 26.4. The van der Waals surface area contributed by atoms with Crippen molar-refractivity contribution in [3.05, 3.63) is 106 Å². The summed E-state index contributed by atoms with van der Waals surface area (Å²) in [5, 5.41) is 0. The zero-order valence-electron chi connectivity index (χ0n) is 26.4. The van der Waals surface area contributed by atoms with Crippen LogP contribution in [0, 0.1) is 20.8 Å². The first kappa shape index (κ1) is 26.9. The monoisotopic (exact) mass is 525 g/mol. The van der Waals surface area contributed by atoms with Crippen molar-refractivity contribution in [2.24, 2.45) is 0 Å². The highest BCUT2D eigenvalue weighted by molar-refractivity contribution is 6.99. The minimum Gasteiger partial charge on any atom is -0.311 e. The van der Waals surface area contributed by atoms with Crippen molar-refractivity contribution in [3.8, 4) is 0 Å². The molecular formula is C38H44BN. The fraction of sp³-hybridized carbons (Fsp3) is 0.368. The zero-order chi connectivity index (χ0) is 28.9. The molecular weight excluding hydrogens is 481 g/mol. The normalized spacial score (nSPS) is 15.5. The van der Waals surface area contributed by atoms with E-state index in [0.717, 1.165) is 0 Å². The van der Waals surface area contributed by atoms with E-state index in [1.54, 1.807) is 0 Å². The molecule has 2 heteroatoms. The van der Waals surface area contributed by atoms with Gasteiger partial charge in [0.05, 0.1) is 5.69 Å². The average Bonchev–Trinajstić information content (AvgIpc) is 2.85. The summed E-state index contributed by atoms with van der Waals surface area (Å²) in [5.74, 6) is 0. The van der Waals surface area contributed by atoms with Crippen LogP contribution in [0.5, 0.6) is 0 Å². The highest BCUT2D eigenvalue weighted by atomic mass is 15.2. The first-order valence-corrected chi connectivity index (χ1v) is 14.9. The van der Waals surface area contributed by atoms with Gasteiger partial charge in [-0.25, -0.2) is 0 Å². The van der Waals surface area contributed by atoms with Crippen LogP contribution in [0.4, 0.5) is 17.1 Å². The van der Waals surface area contributed by atoms with E-state index in [4.69, 9.17) is 0 Å². The average molecular weight is 526 g/mol. The van der Waals surface area contributed by atoms with Crippen molar-refractivity contribution in [3.63, 3.8) is 0 Å². The lowest BCUT2D eigenvalue weighted by atomic mass is 9.29. The van der Waals surface area contributed by atoms with Gasteiger partial charge in [-0.2, -0.15) is 0 Å². The van der Waals surface area contributed by atoms with E-state index in [9.17, 15) is 0 Å². The lowest BCUT2D eigenvalue weighted by Gasteiger charge is -2.48. The number of benzene rings is 4.